The highest BCUT2D eigenvalue weighted by atomic mass is 79.9. The molecule has 0 saturated carbocycles. The van der Waals surface area contributed by atoms with Gasteiger partial charge in [0.2, 0.25) is 0 Å². The largest absolute Gasteiger partial charge is 0.338 e. The zero-order valence-electron chi connectivity index (χ0n) is 9.34. The maximum atomic E-state index is 11.8. The van der Waals surface area contributed by atoms with E-state index in [1.165, 1.54) is 11.3 Å². The number of thiophene rings is 1. The fraction of sp³-hybridized carbons (Fsp3) is 0.417. The van der Waals surface area contributed by atoms with Crippen LogP contribution in [0.5, 0.6) is 0 Å². The molecule has 1 amide bonds. The summed E-state index contributed by atoms with van der Waals surface area (Å²) in [4.78, 5) is 12.5. The number of nitrogens with one attached hydrogen (secondary N) is 1. The van der Waals surface area contributed by atoms with Gasteiger partial charge in [0.05, 0.1) is 14.7 Å². The highest BCUT2D eigenvalue weighted by Gasteiger charge is 2.14. The van der Waals surface area contributed by atoms with Gasteiger partial charge in [0, 0.05) is 0 Å². The van der Waals surface area contributed by atoms with Crippen molar-refractivity contribution in [3.63, 3.8) is 0 Å². The summed E-state index contributed by atoms with van der Waals surface area (Å²) >= 11 is 4.83. The first-order valence-electron chi connectivity index (χ1n) is 5.11. The molecule has 1 aromatic rings. The van der Waals surface area contributed by atoms with Gasteiger partial charge in [-0.1, -0.05) is 19.3 Å². The maximum absolute atomic E-state index is 11.8. The van der Waals surface area contributed by atoms with E-state index in [0.29, 0.717) is 4.88 Å². The summed E-state index contributed by atoms with van der Waals surface area (Å²) < 4.78 is 0.991. The zero-order chi connectivity index (χ0) is 12.1. The second kappa shape index (κ2) is 6.07. The summed E-state index contributed by atoms with van der Waals surface area (Å²) in [5, 5.41) is 2.84. The van der Waals surface area contributed by atoms with E-state index in [1.807, 2.05) is 19.9 Å². The van der Waals surface area contributed by atoms with Crippen molar-refractivity contribution in [1.82, 2.24) is 5.32 Å². The lowest BCUT2D eigenvalue weighted by Gasteiger charge is -2.10. The quantitative estimate of drug-likeness (QED) is 0.849. The van der Waals surface area contributed by atoms with Crippen LogP contribution in [-0.4, -0.2) is 11.9 Å². The monoisotopic (exact) mass is 299 g/mol. The molecule has 1 rings (SSSR count). The lowest BCUT2D eigenvalue weighted by atomic mass is 10.2. The first-order valence-corrected chi connectivity index (χ1v) is 6.72. The molecule has 0 aliphatic rings. The number of halogens is 1. The van der Waals surface area contributed by atoms with E-state index in [2.05, 4.69) is 27.2 Å². The first-order chi connectivity index (χ1) is 7.58. The molecule has 1 heterocycles. The molecule has 16 heavy (non-hydrogen) atoms. The van der Waals surface area contributed by atoms with Crippen LogP contribution < -0.4 is 5.32 Å². The Kier molecular flexibility index (Phi) is 5.04. The van der Waals surface area contributed by atoms with Crippen molar-refractivity contribution < 1.29 is 4.79 Å². The van der Waals surface area contributed by atoms with Crippen LogP contribution in [0, 0.1) is 19.3 Å². The number of hydrogen-bond acceptors (Lipinski definition) is 2. The third-order valence-electron chi connectivity index (χ3n) is 2.16. The first kappa shape index (κ1) is 13.3. The number of aryl methyl sites for hydroxylation is 1. The molecule has 0 aromatic carbocycles. The highest BCUT2D eigenvalue weighted by molar-refractivity contribution is 9.11. The number of amides is 1. The number of carbonyl (C=O) groups excluding carboxylic acids is 1. The van der Waals surface area contributed by atoms with Gasteiger partial charge in [-0.05, 0) is 40.9 Å². The molecular formula is C12H14BrNOS. The Bertz CT molecular complexity index is 400. The van der Waals surface area contributed by atoms with Crippen molar-refractivity contribution in [2.75, 3.05) is 0 Å². The Morgan fingerprint density at radius 3 is 2.88 bits per heavy atom. The predicted molar refractivity (Wildman–Crippen MR) is 71.8 cm³/mol. The molecule has 0 fully saturated rings. The van der Waals surface area contributed by atoms with Crippen LogP contribution in [0.4, 0.5) is 0 Å². The molecule has 0 spiro atoms. The van der Waals surface area contributed by atoms with Crippen LogP contribution in [0.15, 0.2) is 9.85 Å². The lowest BCUT2D eigenvalue weighted by Crippen LogP contribution is -2.33. The number of rotatable bonds is 4. The molecular weight excluding hydrogens is 286 g/mol. The van der Waals surface area contributed by atoms with Crippen molar-refractivity contribution in [2.24, 2.45) is 0 Å². The average Bonchev–Trinajstić information content (AvgIpc) is 2.58. The van der Waals surface area contributed by atoms with Crippen LogP contribution in [0.1, 0.15) is 35.0 Å². The SMILES string of the molecule is C#CC(CCC)NC(=O)c1cc(C)c(Br)s1. The van der Waals surface area contributed by atoms with Gasteiger partial charge >= 0.3 is 0 Å². The van der Waals surface area contributed by atoms with E-state index < -0.39 is 0 Å². The summed E-state index contributed by atoms with van der Waals surface area (Å²) in [7, 11) is 0. The van der Waals surface area contributed by atoms with E-state index in [4.69, 9.17) is 6.42 Å². The molecule has 1 unspecified atom stereocenters. The van der Waals surface area contributed by atoms with Gasteiger partial charge in [0.25, 0.3) is 5.91 Å². The van der Waals surface area contributed by atoms with Gasteiger partial charge < -0.3 is 5.32 Å². The number of carbonyl (C=O) groups is 1. The van der Waals surface area contributed by atoms with Gasteiger partial charge in [-0.3, -0.25) is 4.79 Å². The lowest BCUT2D eigenvalue weighted by molar-refractivity contribution is 0.0948. The summed E-state index contributed by atoms with van der Waals surface area (Å²) in [5.41, 5.74) is 1.07. The van der Waals surface area contributed by atoms with Gasteiger partial charge in [0.15, 0.2) is 0 Å². The van der Waals surface area contributed by atoms with Gasteiger partial charge in [-0.2, -0.15) is 0 Å². The van der Waals surface area contributed by atoms with Crippen molar-refractivity contribution in [2.45, 2.75) is 32.7 Å². The molecule has 0 aliphatic carbocycles. The molecule has 4 heteroatoms. The molecule has 0 saturated heterocycles. The Morgan fingerprint density at radius 2 is 2.44 bits per heavy atom. The topological polar surface area (TPSA) is 29.1 Å². The maximum Gasteiger partial charge on any atom is 0.262 e. The average molecular weight is 300 g/mol. The third kappa shape index (κ3) is 3.36. The number of hydrogen-bond donors (Lipinski definition) is 1. The Labute approximate surface area is 109 Å². The predicted octanol–water partition coefficient (Wildman–Crippen LogP) is 3.35. The molecule has 0 aliphatic heterocycles. The summed E-state index contributed by atoms with van der Waals surface area (Å²) in [6.45, 7) is 4.00. The Hall–Kier alpha value is -0.790. The van der Waals surface area contributed by atoms with Crippen LogP contribution in [0.3, 0.4) is 0 Å². The van der Waals surface area contributed by atoms with Crippen LogP contribution >= 0.6 is 27.3 Å². The van der Waals surface area contributed by atoms with Crippen LogP contribution in [0.2, 0.25) is 0 Å². The summed E-state index contributed by atoms with van der Waals surface area (Å²) in [6.07, 6.45) is 7.12. The van der Waals surface area contributed by atoms with E-state index in [0.717, 1.165) is 22.2 Å². The van der Waals surface area contributed by atoms with E-state index in [1.54, 1.807) is 0 Å². The zero-order valence-corrected chi connectivity index (χ0v) is 11.7. The van der Waals surface area contributed by atoms with Crippen molar-refractivity contribution in [1.29, 1.82) is 0 Å². The highest BCUT2D eigenvalue weighted by Crippen LogP contribution is 2.27. The van der Waals surface area contributed by atoms with Crippen molar-refractivity contribution in [3.05, 3.63) is 20.3 Å². The molecule has 1 atom stereocenters. The molecule has 2 nitrogen and oxygen atoms in total. The third-order valence-corrected chi connectivity index (χ3v) is 4.30. The second-order valence-corrected chi connectivity index (χ2v) is 5.92. The molecule has 86 valence electrons. The minimum absolute atomic E-state index is 0.0878. The number of terminal acetylenes is 1. The fourth-order valence-electron chi connectivity index (χ4n) is 1.29. The van der Waals surface area contributed by atoms with E-state index >= 15 is 0 Å². The fourth-order valence-corrected chi connectivity index (χ4v) is 2.72. The molecule has 1 aromatic heterocycles. The summed E-state index contributed by atoms with van der Waals surface area (Å²) in [5.74, 6) is 2.50. The van der Waals surface area contributed by atoms with Gasteiger partial charge in [-0.15, -0.1) is 17.8 Å². The second-order valence-electron chi connectivity index (χ2n) is 3.55. The van der Waals surface area contributed by atoms with Gasteiger partial charge in [0.1, 0.15) is 0 Å². The van der Waals surface area contributed by atoms with Crippen LogP contribution in [0.25, 0.3) is 0 Å². The van der Waals surface area contributed by atoms with Crippen LogP contribution in [-0.2, 0) is 0 Å². The van der Waals surface area contributed by atoms with E-state index in [-0.39, 0.29) is 11.9 Å². The molecule has 0 radical (unpaired) electrons. The smallest absolute Gasteiger partial charge is 0.262 e. The Morgan fingerprint density at radius 1 is 1.75 bits per heavy atom. The van der Waals surface area contributed by atoms with Gasteiger partial charge in [-0.25, -0.2) is 0 Å². The summed E-state index contributed by atoms with van der Waals surface area (Å²) in [6, 6.07) is 1.70. The normalized spacial score (nSPS) is 11.9. The van der Waals surface area contributed by atoms with Crippen molar-refractivity contribution >= 4 is 33.2 Å². The molecule has 0 bridgehead atoms. The van der Waals surface area contributed by atoms with Crippen molar-refractivity contribution in [3.8, 4) is 12.3 Å². The minimum Gasteiger partial charge on any atom is -0.338 e. The Balaban J connectivity index is 2.68. The minimum atomic E-state index is -0.168. The standard InChI is InChI=1S/C12H14BrNOS/c1-4-6-9(5-2)14-12(15)10-7-8(3)11(13)16-10/h2,7,9H,4,6H2,1,3H3,(H,14,15). The van der Waals surface area contributed by atoms with E-state index in [9.17, 15) is 4.79 Å². The molecule has 1 N–H and O–H groups in total.